The Bertz CT molecular complexity index is 564. The van der Waals surface area contributed by atoms with Crippen molar-refractivity contribution in [2.45, 2.75) is 20.4 Å². The van der Waals surface area contributed by atoms with E-state index in [-0.39, 0.29) is 0 Å². The van der Waals surface area contributed by atoms with Crippen LogP contribution in [0.3, 0.4) is 0 Å². The van der Waals surface area contributed by atoms with Gasteiger partial charge in [-0.2, -0.15) is 0 Å². The van der Waals surface area contributed by atoms with Crippen molar-refractivity contribution in [1.29, 1.82) is 0 Å². The van der Waals surface area contributed by atoms with Crippen LogP contribution in [-0.4, -0.2) is 11.7 Å². The Morgan fingerprint density at radius 2 is 2.00 bits per heavy atom. The van der Waals surface area contributed by atoms with Crippen LogP contribution in [0.15, 0.2) is 35.7 Å². The first-order chi connectivity index (χ1) is 9.69. The van der Waals surface area contributed by atoms with Gasteiger partial charge in [0.15, 0.2) is 5.11 Å². The molecule has 3 nitrogen and oxygen atoms in total. The van der Waals surface area contributed by atoms with Crippen LogP contribution < -0.4 is 15.4 Å². The third-order valence-electron chi connectivity index (χ3n) is 2.80. The molecule has 2 N–H and O–H groups in total. The van der Waals surface area contributed by atoms with Crippen molar-refractivity contribution < 1.29 is 4.74 Å². The zero-order valence-corrected chi connectivity index (χ0v) is 13.2. The molecule has 106 valence electrons. The summed E-state index contributed by atoms with van der Waals surface area (Å²) in [5.41, 5.74) is 2.25. The number of nitrogens with one attached hydrogen (secondary N) is 2. The molecule has 2 rings (SSSR count). The van der Waals surface area contributed by atoms with Crippen molar-refractivity contribution in [2.75, 3.05) is 11.9 Å². The van der Waals surface area contributed by atoms with Gasteiger partial charge in [-0.3, -0.25) is 0 Å². The van der Waals surface area contributed by atoms with Crippen LogP contribution >= 0.6 is 23.6 Å². The highest BCUT2D eigenvalue weighted by atomic mass is 32.1. The lowest BCUT2D eigenvalue weighted by Gasteiger charge is -2.11. The Kier molecular flexibility index (Phi) is 5.38. The number of benzene rings is 1. The minimum absolute atomic E-state index is 0.627. The summed E-state index contributed by atoms with van der Waals surface area (Å²) in [6, 6.07) is 9.88. The predicted octanol–water partition coefficient (Wildman–Crippen LogP) is 3.94. The van der Waals surface area contributed by atoms with Gasteiger partial charge in [0.1, 0.15) is 5.75 Å². The molecule has 1 aromatic heterocycles. The minimum atomic E-state index is 0.627. The predicted molar refractivity (Wildman–Crippen MR) is 89.7 cm³/mol. The van der Waals surface area contributed by atoms with Gasteiger partial charge in [0.25, 0.3) is 0 Å². The van der Waals surface area contributed by atoms with Gasteiger partial charge >= 0.3 is 0 Å². The third-order valence-corrected chi connectivity index (χ3v) is 4.07. The summed E-state index contributed by atoms with van der Waals surface area (Å²) in [7, 11) is 0. The molecular formula is C15H18N2OS2. The number of anilines is 1. The molecule has 0 saturated heterocycles. The second-order valence-corrected chi connectivity index (χ2v) is 5.70. The average Bonchev–Trinajstić information content (AvgIpc) is 2.84. The number of ether oxygens (including phenoxy) is 1. The fraction of sp³-hybridized carbons (Fsp3) is 0.267. The molecule has 1 heterocycles. The van der Waals surface area contributed by atoms with E-state index in [9.17, 15) is 0 Å². The Morgan fingerprint density at radius 3 is 2.60 bits per heavy atom. The van der Waals surface area contributed by atoms with E-state index in [4.69, 9.17) is 17.0 Å². The fourth-order valence-corrected chi connectivity index (χ4v) is 2.76. The van der Waals surface area contributed by atoms with Gasteiger partial charge in [0.2, 0.25) is 0 Å². The maximum Gasteiger partial charge on any atom is 0.171 e. The number of hydrogen-bond donors (Lipinski definition) is 2. The summed E-state index contributed by atoms with van der Waals surface area (Å²) < 4.78 is 5.40. The van der Waals surface area contributed by atoms with Crippen LogP contribution in [0.2, 0.25) is 0 Å². The Hall–Kier alpha value is -1.59. The first-order valence-electron chi connectivity index (χ1n) is 6.49. The molecule has 0 saturated carbocycles. The van der Waals surface area contributed by atoms with Crippen molar-refractivity contribution in [3.63, 3.8) is 0 Å². The molecule has 1 aromatic carbocycles. The molecule has 2 aromatic rings. The van der Waals surface area contributed by atoms with Crippen LogP contribution in [0.5, 0.6) is 5.75 Å². The van der Waals surface area contributed by atoms with Crippen molar-refractivity contribution >= 4 is 34.4 Å². The Balaban J connectivity index is 1.83. The van der Waals surface area contributed by atoms with Gasteiger partial charge in [0.05, 0.1) is 13.2 Å². The van der Waals surface area contributed by atoms with Gasteiger partial charge in [-0.15, -0.1) is 11.3 Å². The van der Waals surface area contributed by atoms with E-state index in [0.29, 0.717) is 11.7 Å². The summed E-state index contributed by atoms with van der Waals surface area (Å²) in [6.45, 7) is 5.51. The minimum Gasteiger partial charge on any atom is -0.494 e. The van der Waals surface area contributed by atoms with Crippen LogP contribution in [0.25, 0.3) is 0 Å². The molecule has 0 fully saturated rings. The fourth-order valence-electron chi connectivity index (χ4n) is 1.72. The normalized spacial score (nSPS) is 10.1. The molecular weight excluding hydrogens is 288 g/mol. The molecule has 5 heteroatoms. The van der Waals surface area contributed by atoms with Crippen LogP contribution in [0.4, 0.5) is 5.69 Å². The number of thiocarbonyl (C=S) groups is 1. The Morgan fingerprint density at radius 1 is 1.25 bits per heavy atom. The molecule has 0 aliphatic heterocycles. The zero-order valence-electron chi connectivity index (χ0n) is 11.6. The van der Waals surface area contributed by atoms with E-state index in [0.717, 1.165) is 18.0 Å². The van der Waals surface area contributed by atoms with E-state index < -0.39 is 0 Å². The van der Waals surface area contributed by atoms with Crippen LogP contribution in [0.1, 0.15) is 17.4 Å². The maximum atomic E-state index is 5.40. The highest BCUT2D eigenvalue weighted by Crippen LogP contribution is 2.16. The highest BCUT2D eigenvalue weighted by molar-refractivity contribution is 7.80. The van der Waals surface area contributed by atoms with E-state index in [1.807, 2.05) is 31.2 Å². The third kappa shape index (κ3) is 4.21. The van der Waals surface area contributed by atoms with Crippen molar-refractivity contribution in [3.8, 4) is 5.75 Å². The summed E-state index contributed by atoms with van der Waals surface area (Å²) in [4.78, 5) is 1.31. The molecule has 0 amide bonds. The topological polar surface area (TPSA) is 33.3 Å². The maximum absolute atomic E-state index is 5.40. The molecule has 20 heavy (non-hydrogen) atoms. The largest absolute Gasteiger partial charge is 0.494 e. The summed E-state index contributed by atoms with van der Waals surface area (Å²) in [5.74, 6) is 0.867. The summed E-state index contributed by atoms with van der Waals surface area (Å²) in [5, 5.41) is 9.10. The van der Waals surface area contributed by atoms with Gasteiger partial charge in [-0.25, -0.2) is 0 Å². The second-order valence-electron chi connectivity index (χ2n) is 4.29. The molecule has 0 aliphatic rings. The average molecular weight is 306 g/mol. The first-order valence-corrected chi connectivity index (χ1v) is 7.78. The van der Waals surface area contributed by atoms with Crippen LogP contribution in [0, 0.1) is 6.92 Å². The SMILES string of the molecule is CCOc1ccc(NC(=S)NCc2sccc2C)cc1. The van der Waals surface area contributed by atoms with E-state index in [1.165, 1.54) is 10.4 Å². The number of rotatable bonds is 5. The van der Waals surface area contributed by atoms with Gasteiger partial charge < -0.3 is 15.4 Å². The molecule has 0 bridgehead atoms. The summed E-state index contributed by atoms with van der Waals surface area (Å²) in [6.07, 6.45) is 0. The number of hydrogen-bond acceptors (Lipinski definition) is 3. The lowest BCUT2D eigenvalue weighted by molar-refractivity contribution is 0.340. The number of aryl methyl sites for hydroxylation is 1. The van der Waals surface area contributed by atoms with Crippen molar-refractivity contribution in [2.24, 2.45) is 0 Å². The van der Waals surface area contributed by atoms with E-state index in [1.54, 1.807) is 11.3 Å². The molecule has 0 spiro atoms. The molecule has 0 aliphatic carbocycles. The number of thiophene rings is 1. The van der Waals surface area contributed by atoms with Crippen molar-refractivity contribution in [3.05, 3.63) is 46.2 Å². The smallest absolute Gasteiger partial charge is 0.171 e. The second kappa shape index (κ2) is 7.26. The first kappa shape index (κ1) is 14.8. The van der Waals surface area contributed by atoms with Gasteiger partial charge in [-0.1, -0.05) is 0 Å². The van der Waals surface area contributed by atoms with Gasteiger partial charge in [-0.05, 0) is 67.3 Å². The van der Waals surface area contributed by atoms with Crippen molar-refractivity contribution in [1.82, 2.24) is 5.32 Å². The Labute approximate surface area is 129 Å². The summed E-state index contributed by atoms with van der Waals surface area (Å²) >= 11 is 7.03. The standard InChI is InChI=1S/C15H18N2OS2/c1-3-18-13-6-4-12(5-7-13)17-15(19)16-10-14-11(2)8-9-20-14/h4-9H,3,10H2,1-2H3,(H2,16,17,19). The highest BCUT2D eigenvalue weighted by Gasteiger charge is 2.02. The lowest BCUT2D eigenvalue weighted by atomic mass is 10.3. The molecule has 0 unspecified atom stereocenters. The monoisotopic (exact) mass is 306 g/mol. The molecule has 0 atom stereocenters. The zero-order chi connectivity index (χ0) is 14.4. The van der Waals surface area contributed by atoms with Crippen LogP contribution in [-0.2, 0) is 6.54 Å². The lowest BCUT2D eigenvalue weighted by Crippen LogP contribution is -2.27. The van der Waals surface area contributed by atoms with Gasteiger partial charge in [0, 0.05) is 10.6 Å². The quantitative estimate of drug-likeness (QED) is 0.820. The van der Waals surface area contributed by atoms with E-state index in [2.05, 4.69) is 29.0 Å². The van der Waals surface area contributed by atoms with E-state index >= 15 is 0 Å². The molecule has 0 radical (unpaired) electrons.